The van der Waals surface area contributed by atoms with Gasteiger partial charge in [-0.05, 0) is 42.8 Å². The lowest BCUT2D eigenvalue weighted by atomic mass is 10.2. The van der Waals surface area contributed by atoms with Crippen LogP contribution in [0.15, 0.2) is 42.6 Å². The van der Waals surface area contributed by atoms with Crippen molar-refractivity contribution in [3.63, 3.8) is 0 Å². The van der Waals surface area contributed by atoms with Crippen LogP contribution < -0.4 is 14.5 Å². The van der Waals surface area contributed by atoms with Gasteiger partial charge in [-0.2, -0.15) is 0 Å². The zero-order valence-corrected chi connectivity index (χ0v) is 15.5. The minimum absolute atomic E-state index is 0.0851. The number of nitrogens with one attached hydrogen (secondary N) is 1. The van der Waals surface area contributed by atoms with E-state index < -0.39 is 10.0 Å². The van der Waals surface area contributed by atoms with E-state index in [-0.39, 0.29) is 11.6 Å². The standard InChI is InChI=1S/C18H23FN4O2S/c1-2-13-26(24,25)21-18-8-7-17(14-20-18)23-11-9-22(10-12-23)16-5-3-15(19)4-6-16/h3-8,14H,2,9-13H2,1H3,(H,20,21). The predicted octanol–water partition coefficient (Wildman–Crippen LogP) is 2.70. The van der Waals surface area contributed by atoms with E-state index in [2.05, 4.69) is 19.5 Å². The van der Waals surface area contributed by atoms with Gasteiger partial charge in [-0.25, -0.2) is 17.8 Å². The molecule has 3 rings (SSSR count). The van der Waals surface area contributed by atoms with Gasteiger partial charge in [0.05, 0.1) is 17.6 Å². The molecule has 1 N–H and O–H groups in total. The maximum atomic E-state index is 13.0. The topological polar surface area (TPSA) is 65.5 Å². The molecule has 1 aromatic heterocycles. The number of hydrogen-bond acceptors (Lipinski definition) is 5. The Kier molecular flexibility index (Phi) is 5.61. The summed E-state index contributed by atoms with van der Waals surface area (Å²) in [4.78, 5) is 8.65. The second-order valence-corrected chi connectivity index (χ2v) is 8.11. The van der Waals surface area contributed by atoms with Crippen LogP contribution in [0, 0.1) is 5.82 Å². The van der Waals surface area contributed by atoms with Crippen LogP contribution in [0.25, 0.3) is 0 Å². The molecule has 1 aliphatic heterocycles. The fourth-order valence-corrected chi connectivity index (χ4v) is 4.07. The third-order valence-electron chi connectivity index (χ3n) is 4.32. The molecule has 0 amide bonds. The van der Waals surface area contributed by atoms with Crippen LogP contribution in [0.2, 0.25) is 0 Å². The minimum Gasteiger partial charge on any atom is -0.368 e. The Morgan fingerprint density at radius 3 is 2.12 bits per heavy atom. The van der Waals surface area contributed by atoms with Crippen molar-refractivity contribution in [2.75, 3.05) is 46.5 Å². The van der Waals surface area contributed by atoms with Gasteiger partial charge in [0.15, 0.2) is 0 Å². The molecule has 6 nitrogen and oxygen atoms in total. The second kappa shape index (κ2) is 7.90. The predicted molar refractivity (Wildman–Crippen MR) is 103 cm³/mol. The van der Waals surface area contributed by atoms with Crippen molar-refractivity contribution in [1.29, 1.82) is 0 Å². The molecule has 0 unspecified atom stereocenters. The first-order valence-electron chi connectivity index (χ1n) is 8.69. The Balaban J connectivity index is 1.58. The molecule has 1 saturated heterocycles. The summed E-state index contributed by atoms with van der Waals surface area (Å²) >= 11 is 0. The third-order valence-corrected chi connectivity index (χ3v) is 5.78. The molecule has 0 radical (unpaired) electrons. The number of aromatic nitrogens is 1. The molecule has 0 spiro atoms. The average molecular weight is 378 g/mol. The largest absolute Gasteiger partial charge is 0.368 e. The highest BCUT2D eigenvalue weighted by atomic mass is 32.2. The smallest absolute Gasteiger partial charge is 0.233 e. The van der Waals surface area contributed by atoms with Gasteiger partial charge in [-0.15, -0.1) is 0 Å². The fraction of sp³-hybridized carbons (Fsp3) is 0.389. The van der Waals surface area contributed by atoms with Gasteiger partial charge in [-0.1, -0.05) is 6.92 Å². The summed E-state index contributed by atoms with van der Waals surface area (Å²) in [5.41, 5.74) is 1.98. The van der Waals surface area contributed by atoms with Crippen molar-refractivity contribution >= 4 is 27.2 Å². The summed E-state index contributed by atoms with van der Waals surface area (Å²) in [6.45, 7) is 5.12. The first-order valence-corrected chi connectivity index (χ1v) is 10.3. The zero-order chi connectivity index (χ0) is 18.6. The van der Waals surface area contributed by atoms with E-state index in [1.165, 1.54) is 12.1 Å². The van der Waals surface area contributed by atoms with Crippen LogP contribution in [-0.2, 0) is 10.0 Å². The van der Waals surface area contributed by atoms with Gasteiger partial charge in [-0.3, -0.25) is 4.72 Å². The molecule has 2 heterocycles. The molecule has 0 saturated carbocycles. The fourth-order valence-electron chi connectivity index (χ4n) is 2.99. The van der Waals surface area contributed by atoms with Crippen LogP contribution in [0.5, 0.6) is 0 Å². The zero-order valence-electron chi connectivity index (χ0n) is 14.7. The Morgan fingerprint density at radius 1 is 1.00 bits per heavy atom. The van der Waals surface area contributed by atoms with Gasteiger partial charge < -0.3 is 9.80 Å². The monoisotopic (exact) mass is 378 g/mol. The first-order chi connectivity index (χ1) is 12.5. The number of piperazine rings is 1. The van der Waals surface area contributed by atoms with E-state index >= 15 is 0 Å². The van der Waals surface area contributed by atoms with Gasteiger partial charge in [0.2, 0.25) is 10.0 Å². The van der Waals surface area contributed by atoms with Crippen LogP contribution in [0.1, 0.15) is 13.3 Å². The van der Waals surface area contributed by atoms with E-state index in [0.717, 1.165) is 37.6 Å². The first kappa shape index (κ1) is 18.4. The van der Waals surface area contributed by atoms with Crippen LogP contribution in [0.3, 0.4) is 0 Å². The van der Waals surface area contributed by atoms with E-state index in [9.17, 15) is 12.8 Å². The SMILES string of the molecule is CCCS(=O)(=O)Nc1ccc(N2CCN(c3ccc(F)cc3)CC2)cn1. The number of anilines is 3. The van der Waals surface area contributed by atoms with Crippen LogP contribution in [0.4, 0.5) is 21.6 Å². The lowest BCUT2D eigenvalue weighted by Crippen LogP contribution is -2.46. The average Bonchev–Trinajstić information content (AvgIpc) is 2.63. The molecule has 0 aliphatic carbocycles. The molecule has 1 aromatic carbocycles. The number of benzene rings is 1. The van der Waals surface area contributed by atoms with Crippen LogP contribution >= 0.6 is 0 Å². The van der Waals surface area contributed by atoms with Crippen molar-refractivity contribution in [2.24, 2.45) is 0 Å². The van der Waals surface area contributed by atoms with E-state index in [4.69, 9.17) is 0 Å². The Hall–Kier alpha value is -2.35. The van der Waals surface area contributed by atoms with Crippen molar-refractivity contribution in [3.05, 3.63) is 48.4 Å². The quantitative estimate of drug-likeness (QED) is 0.837. The molecular weight excluding hydrogens is 355 g/mol. The van der Waals surface area contributed by atoms with Crippen molar-refractivity contribution in [1.82, 2.24) is 4.98 Å². The third kappa shape index (κ3) is 4.63. The Morgan fingerprint density at radius 2 is 1.58 bits per heavy atom. The van der Waals surface area contributed by atoms with Crippen LogP contribution in [-0.4, -0.2) is 45.3 Å². The number of rotatable bonds is 6. The number of pyridine rings is 1. The second-order valence-electron chi connectivity index (χ2n) is 6.27. The van der Waals surface area contributed by atoms with Gasteiger partial charge >= 0.3 is 0 Å². The normalized spacial score (nSPS) is 15.2. The van der Waals surface area contributed by atoms with Crippen molar-refractivity contribution in [2.45, 2.75) is 13.3 Å². The lowest BCUT2D eigenvalue weighted by molar-refractivity contribution is 0.599. The summed E-state index contributed by atoms with van der Waals surface area (Å²) < 4.78 is 39.1. The number of nitrogens with zero attached hydrogens (tertiary/aromatic N) is 3. The summed E-state index contributed by atoms with van der Waals surface area (Å²) in [7, 11) is -3.32. The minimum atomic E-state index is -3.32. The lowest BCUT2D eigenvalue weighted by Gasteiger charge is -2.37. The summed E-state index contributed by atoms with van der Waals surface area (Å²) in [6.07, 6.45) is 2.25. The van der Waals surface area contributed by atoms with E-state index in [1.807, 2.05) is 13.0 Å². The summed E-state index contributed by atoms with van der Waals surface area (Å²) in [5, 5.41) is 0. The van der Waals surface area contributed by atoms with E-state index in [0.29, 0.717) is 12.2 Å². The molecule has 140 valence electrons. The molecule has 2 aromatic rings. The molecular formula is C18H23FN4O2S. The summed E-state index contributed by atoms with van der Waals surface area (Å²) in [5.74, 6) is 0.196. The highest BCUT2D eigenvalue weighted by molar-refractivity contribution is 7.92. The van der Waals surface area contributed by atoms with Gasteiger partial charge in [0, 0.05) is 31.9 Å². The molecule has 1 fully saturated rings. The number of halogens is 1. The van der Waals surface area contributed by atoms with Gasteiger partial charge in [0.25, 0.3) is 0 Å². The molecule has 26 heavy (non-hydrogen) atoms. The Bertz CT molecular complexity index is 817. The highest BCUT2D eigenvalue weighted by Crippen LogP contribution is 2.21. The van der Waals surface area contributed by atoms with Gasteiger partial charge in [0.1, 0.15) is 11.6 Å². The van der Waals surface area contributed by atoms with Crippen molar-refractivity contribution < 1.29 is 12.8 Å². The number of hydrogen-bond donors (Lipinski definition) is 1. The highest BCUT2D eigenvalue weighted by Gasteiger charge is 2.18. The maximum absolute atomic E-state index is 13.0. The van der Waals surface area contributed by atoms with Crippen molar-refractivity contribution in [3.8, 4) is 0 Å². The molecule has 0 atom stereocenters. The molecule has 0 bridgehead atoms. The number of sulfonamides is 1. The molecule has 1 aliphatic rings. The Labute approximate surface area is 153 Å². The molecule has 8 heteroatoms. The summed E-state index contributed by atoms with van der Waals surface area (Å²) in [6, 6.07) is 10.1. The van der Waals surface area contributed by atoms with E-state index in [1.54, 1.807) is 24.4 Å². The maximum Gasteiger partial charge on any atom is 0.233 e.